The molecule has 1 N–H and O–H groups in total. The summed E-state index contributed by atoms with van der Waals surface area (Å²) in [6.07, 6.45) is 0.583. The van der Waals surface area contributed by atoms with Crippen LogP contribution in [0, 0.1) is 0 Å². The van der Waals surface area contributed by atoms with E-state index in [0.717, 1.165) is 11.1 Å². The second-order valence-electron chi connectivity index (χ2n) is 6.25. The fourth-order valence-electron chi connectivity index (χ4n) is 3.48. The Balaban J connectivity index is 1.96. The van der Waals surface area contributed by atoms with Crippen LogP contribution in [0.3, 0.4) is 0 Å². The van der Waals surface area contributed by atoms with E-state index in [0.29, 0.717) is 6.42 Å². The second-order valence-corrected chi connectivity index (χ2v) is 8.06. The number of β-lactam (4-membered cyclic amide) rings is 1. The van der Waals surface area contributed by atoms with Gasteiger partial charge in [-0.15, -0.1) is 0 Å². The van der Waals surface area contributed by atoms with E-state index < -0.39 is 21.2 Å². The highest BCUT2D eigenvalue weighted by Gasteiger charge is 2.55. The normalized spacial score (nSPS) is 20.6. The van der Waals surface area contributed by atoms with Crippen LogP contribution in [0.2, 0.25) is 0 Å². The molecule has 0 aliphatic carbocycles. The van der Waals surface area contributed by atoms with Crippen molar-refractivity contribution in [3.05, 3.63) is 71.8 Å². The molecule has 1 fully saturated rings. The number of carboxylic acid groups (broad SMARTS) is 1. The number of carboxylic acids is 1. The molecule has 0 saturated carbocycles. The molecular weight excluding hydrogens is 318 g/mol. The SMILES string of the molecule is CC[C@@]1(C(=O)O)CC(=O)N1[SiH2]C(c1ccccc1)c1ccccc1. The molecule has 124 valence electrons. The van der Waals surface area contributed by atoms with Crippen LogP contribution in [0.15, 0.2) is 60.7 Å². The van der Waals surface area contributed by atoms with E-state index in [4.69, 9.17) is 0 Å². The zero-order valence-corrected chi connectivity index (χ0v) is 15.1. The summed E-state index contributed by atoms with van der Waals surface area (Å²) in [5.41, 5.74) is 1.39. The third-order valence-electron chi connectivity index (χ3n) is 5.01. The molecule has 0 unspecified atom stereocenters. The Morgan fingerprint density at radius 1 is 1.12 bits per heavy atom. The molecule has 24 heavy (non-hydrogen) atoms. The summed E-state index contributed by atoms with van der Waals surface area (Å²) >= 11 is 0. The lowest BCUT2D eigenvalue weighted by atomic mass is 9.84. The first-order valence-corrected chi connectivity index (χ1v) is 9.67. The first-order chi connectivity index (χ1) is 11.6. The third kappa shape index (κ3) is 2.76. The highest BCUT2D eigenvalue weighted by molar-refractivity contribution is 6.43. The maximum atomic E-state index is 12.2. The van der Waals surface area contributed by atoms with Gasteiger partial charge in [0.1, 0.15) is 15.2 Å². The number of hydrogen-bond donors (Lipinski definition) is 1. The number of amides is 1. The maximum absolute atomic E-state index is 12.2. The van der Waals surface area contributed by atoms with Crippen molar-refractivity contribution in [3.8, 4) is 0 Å². The van der Waals surface area contributed by atoms with Gasteiger partial charge in [0.2, 0.25) is 5.91 Å². The van der Waals surface area contributed by atoms with E-state index in [-0.39, 0.29) is 17.9 Å². The zero-order chi connectivity index (χ0) is 17.2. The van der Waals surface area contributed by atoms with Crippen LogP contribution < -0.4 is 0 Å². The minimum Gasteiger partial charge on any atom is -0.480 e. The maximum Gasteiger partial charge on any atom is 0.329 e. The van der Waals surface area contributed by atoms with Crippen LogP contribution in [0.1, 0.15) is 36.4 Å². The lowest BCUT2D eigenvalue weighted by molar-refractivity contribution is -0.167. The fourth-order valence-corrected chi connectivity index (χ4v) is 5.95. The topological polar surface area (TPSA) is 57.6 Å². The monoisotopic (exact) mass is 339 g/mol. The van der Waals surface area contributed by atoms with Crippen LogP contribution in [0.25, 0.3) is 0 Å². The van der Waals surface area contributed by atoms with Gasteiger partial charge in [0.05, 0.1) is 6.42 Å². The van der Waals surface area contributed by atoms with Gasteiger partial charge in [0.25, 0.3) is 0 Å². The van der Waals surface area contributed by atoms with Gasteiger partial charge < -0.3 is 9.67 Å². The first-order valence-electron chi connectivity index (χ1n) is 8.22. The number of carbonyl (C=O) groups is 2. The van der Waals surface area contributed by atoms with Crippen molar-refractivity contribution in [1.29, 1.82) is 0 Å². The fraction of sp³-hybridized carbons (Fsp3) is 0.263. The largest absolute Gasteiger partial charge is 0.480 e. The smallest absolute Gasteiger partial charge is 0.329 e. The second kappa shape index (κ2) is 6.61. The Morgan fingerprint density at radius 2 is 1.62 bits per heavy atom. The molecule has 1 atom stereocenters. The average Bonchev–Trinajstić information content (AvgIpc) is 2.61. The average molecular weight is 339 g/mol. The Morgan fingerprint density at radius 3 is 2.00 bits per heavy atom. The summed E-state index contributed by atoms with van der Waals surface area (Å²) in [7, 11) is -1.16. The van der Waals surface area contributed by atoms with Gasteiger partial charge in [0.15, 0.2) is 0 Å². The van der Waals surface area contributed by atoms with Crippen LogP contribution in [0.5, 0.6) is 0 Å². The number of carbonyl (C=O) groups excluding carboxylic acids is 1. The first kappa shape index (κ1) is 16.5. The summed E-state index contributed by atoms with van der Waals surface area (Å²) in [5, 5.41) is 9.65. The third-order valence-corrected chi connectivity index (χ3v) is 7.64. The minimum absolute atomic E-state index is 0.0252. The standard InChI is InChI=1S/C19H21NO3Si/c1-2-19(18(22)23)13-16(21)20(19)24-17(14-9-5-3-6-10-14)15-11-7-4-8-12-15/h3-12,17H,2,13,24H2,1H3,(H,22,23)/t19-/m0/s1. The van der Waals surface area contributed by atoms with Gasteiger partial charge in [-0.05, 0) is 17.5 Å². The number of aliphatic carboxylic acids is 1. The summed E-state index contributed by atoms with van der Waals surface area (Å²) in [4.78, 5) is 24.0. The van der Waals surface area contributed by atoms with Crippen molar-refractivity contribution in [2.45, 2.75) is 30.8 Å². The van der Waals surface area contributed by atoms with Crippen molar-refractivity contribution in [2.24, 2.45) is 0 Å². The zero-order valence-electron chi connectivity index (χ0n) is 13.7. The number of hydrogen-bond acceptors (Lipinski definition) is 2. The van der Waals surface area contributed by atoms with E-state index >= 15 is 0 Å². The lowest BCUT2D eigenvalue weighted by Crippen LogP contribution is -2.69. The molecule has 0 spiro atoms. The van der Waals surface area contributed by atoms with Crippen LogP contribution in [-0.4, -0.2) is 36.8 Å². The summed E-state index contributed by atoms with van der Waals surface area (Å²) in [6, 6.07) is 20.1. The molecule has 1 heterocycles. The van der Waals surface area contributed by atoms with Crippen LogP contribution >= 0.6 is 0 Å². The summed E-state index contributed by atoms with van der Waals surface area (Å²) < 4.78 is 1.68. The molecular formula is C19H21NO3Si. The molecule has 1 aliphatic rings. The van der Waals surface area contributed by atoms with E-state index in [2.05, 4.69) is 24.3 Å². The molecule has 2 aromatic rings. The van der Waals surface area contributed by atoms with E-state index in [9.17, 15) is 14.7 Å². The van der Waals surface area contributed by atoms with Crippen LogP contribution in [0.4, 0.5) is 0 Å². The molecule has 1 aliphatic heterocycles. The molecule has 5 heteroatoms. The van der Waals surface area contributed by atoms with Crippen LogP contribution in [-0.2, 0) is 9.59 Å². The predicted molar refractivity (Wildman–Crippen MR) is 95.4 cm³/mol. The number of benzene rings is 2. The Hall–Kier alpha value is -2.40. The van der Waals surface area contributed by atoms with Gasteiger partial charge in [-0.3, -0.25) is 4.79 Å². The Bertz CT molecular complexity index is 695. The molecule has 0 radical (unpaired) electrons. The quantitative estimate of drug-likeness (QED) is 0.649. The highest BCUT2D eigenvalue weighted by Crippen LogP contribution is 2.37. The Kier molecular flexibility index (Phi) is 4.53. The summed E-state index contributed by atoms with van der Waals surface area (Å²) in [6.45, 7) is 1.85. The van der Waals surface area contributed by atoms with Crippen molar-refractivity contribution in [3.63, 3.8) is 0 Å². The summed E-state index contributed by atoms with van der Waals surface area (Å²) in [5.74, 6) is -0.903. The molecule has 1 saturated heterocycles. The van der Waals surface area contributed by atoms with Gasteiger partial charge in [-0.2, -0.15) is 0 Å². The molecule has 3 rings (SSSR count). The van der Waals surface area contributed by atoms with Gasteiger partial charge >= 0.3 is 5.97 Å². The molecule has 0 bridgehead atoms. The van der Waals surface area contributed by atoms with Gasteiger partial charge in [-0.1, -0.05) is 67.6 Å². The number of nitrogens with zero attached hydrogens (tertiary/aromatic N) is 1. The van der Waals surface area contributed by atoms with E-state index in [1.807, 2.05) is 43.3 Å². The molecule has 1 amide bonds. The van der Waals surface area contributed by atoms with Gasteiger partial charge in [-0.25, -0.2) is 4.79 Å². The predicted octanol–water partition coefficient (Wildman–Crippen LogP) is 2.33. The molecule has 4 nitrogen and oxygen atoms in total. The van der Waals surface area contributed by atoms with Gasteiger partial charge in [0, 0.05) is 5.54 Å². The van der Waals surface area contributed by atoms with Crippen molar-refractivity contribution >= 4 is 21.6 Å². The molecule has 2 aromatic carbocycles. The van der Waals surface area contributed by atoms with Crippen molar-refractivity contribution in [1.82, 2.24) is 4.57 Å². The number of rotatable bonds is 6. The minimum atomic E-state index is -1.16. The van der Waals surface area contributed by atoms with Crippen molar-refractivity contribution in [2.75, 3.05) is 0 Å². The van der Waals surface area contributed by atoms with Crippen molar-refractivity contribution < 1.29 is 14.7 Å². The molecule has 0 aromatic heterocycles. The Labute approximate surface area is 144 Å². The van der Waals surface area contributed by atoms with E-state index in [1.165, 1.54) is 0 Å². The van der Waals surface area contributed by atoms with E-state index in [1.54, 1.807) is 4.57 Å². The highest BCUT2D eigenvalue weighted by atomic mass is 28.2. The lowest BCUT2D eigenvalue weighted by Gasteiger charge is -2.50.